The fourth-order valence-electron chi connectivity index (χ4n) is 1.82. The highest BCUT2D eigenvalue weighted by Gasteiger charge is 2.09. The zero-order chi connectivity index (χ0) is 13.8. The fraction of sp³-hybridized carbons (Fsp3) is 0.267. The summed E-state index contributed by atoms with van der Waals surface area (Å²) in [4.78, 5) is 4.37. The van der Waals surface area contributed by atoms with E-state index in [-0.39, 0.29) is 0 Å². The smallest absolute Gasteiger partial charge is 0.216 e. The molecule has 2 rings (SSSR count). The summed E-state index contributed by atoms with van der Waals surface area (Å²) < 4.78 is 11.0. The number of aryl methyl sites for hydroxylation is 2. The summed E-state index contributed by atoms with van der Waals surface area (Å²) in [7, 11) is 1.62. The van der Waals surface area contributed by atoms with E-state index >= 15 is 0 Å². The highest BCUT2D eigenvalue weighted by molar-refractivity contribution is 5.54. The van der Waals surface area contributed by atoms with Gasteiger partial charge in [-0.15, -0.1) is 0 Å². The minimum absolute atomic E-state index is 0.340. The molecule has 19 heavy (non-hydrogen) atoms. The summed E-state index contributed by atoms with van der Waals surface area (Å²) in [6.07, 6.45) is 0. The molecular formula is C15H18N2O2. The second-order valence-corrected chi connectivity index (χ2v) is 4.39. The summed E-state index contributed by atoms with van der Waals surface area (Å²) in [5, 5.41) is 0. The van der Waals surface area contributed by atoms with Crippen molar-refractivity contribution >= 4 is 5.69 Å². The molecule has 1 heterocycles. The van der Waals surface area contributed by atoms with Gasteiger partial charge in [0.2, 0.25) is 5.88 Å². The monoisotopic (exact) mass is 258 g/mol. The van der Waals surface area contributed by atoms with Crippen LogP contribution in [0.4, 0.5) is 5.69 Å². The van der Waals surface area contributed by atoms with Gasteiger partial charge in [-0.3, -0.25) is 0 Å². The van der Waals surface area contributed by atoms with Crippen molar-refractivity contribution in [2.24, 2.45) is 0 Å². The summed E-state index contributed by atoms with van der Waals surface area (Å²) in [6.45, 7) is 4.24. The molecule has 0 spiro atoms. The molecule has 0 aliphatic rings. The molecule has 1 aromatic carbocycles. The normalized spacial score (nSPS) is 10.3. The van der Waals surface area contributed by atoms with Gasteiger partial charge in [-0.05, 0) is 32.0 Å². The number of nitrogens with zero attached hydrogens (tertiary/aromatic N) is 1. The van der Waals surface area contributed by atoms with Crippen LogP contribution < -0.4 is 15.2 Å². The van der Waals surface area contributed by atoms with Gasteiger partial charge < -0.3 is 15.2 Å². The minimum Gasteiger partial charge on any atom is -0.496 e. The number of benzene rings is 1. The summed E-state index contributed by atoms with van der Waals surface area (Å²) >= 11 is 0. The molecular weight excluding hydrogens is 240 g/mol. The second-order valence-electron chi connectivity index (χ2n) is 4.39. The van der Waals surface area contributed by atoms with Gasteiger partial charge in [0, 0.05) is 16.9 Å². The Morgan fingerprint density at radius 3 is 2.68 bits per heavy atom. The fourth-order valence-corrected chi connectivity index (χ4v) is 1.82. The van der Waals surface area contributed by atoms with Crippen LogP contribution in [0.5, 0.6) is 11.6 Å². The molecule has 0 aliphatic heterocycles. The van der Waals surface area contributed by atoms with Crippen LogP contribution in [0.1, 0.15) is 16.8 Å². The zero-order valence-corrected chi connectivity index (χ0v) is 11.4. The Morgan fingerprint density at radius 1 is 1.16 bits per heavy atom. The molecule has 0 saturated carbocycles. The van der Waals surface area contributed by atoms with E-state index < -0.39 is 0 Å². The van der Waals surface area contributed by atoms with E-state index in [0.717, 1.165) is 22.6 Å². The van der Waals surface area contributed by atoms with Crippen molar-refractivity contribution in [3.05, 3.63) is 47.2 Å². The topological polar surface area (TPSA) is 57.4 Å². The number of nitrogen functional groups attached to an aromatic ring is 1. The van der Waals surface area contributed by atoms with E-state index in [1.807, 2.05) is 44.2 Å². The SMILES string of the molecule is COc1cccc(N)c1COc1nc(C)ccc1C. The number of aromatic nitrogens is 1. The molecule has 0 amide bonds. The second kappa shape index (κ2) is 5.61. The predicted molar refractivity (Wildman–Crippen MR) is 75.4 cm³/mol. The quantitative estimate of drug-likeness (QED) is 0.857. The number of anilines is 1. The number of ether oxygens (including phenoxy) is 2. The lowest BCUT2D eigenvalue weighted by atomic mass is 10.1. The van der Waals surface area contributed by atoms with Crippen molar-refractivity contribution in [2.45, 2.75) is 20.5 Å². The lowest BCUT2D eigenvalue weighted by Crippen LogP contribution is -2.05. The van der Waals surface area contributed by atoms with E-state index in [4.69, 9.17) is 15.2 Å². The standard InChI is InChI=1S/C15H18N2O2/c1-10-7-8-11(2)17-15(10)19-9-12-13(16)5-4-6-14(12)18-3/h4-8H,9,16H2,1-3H3. The Kier molecular flexibility index (Phi) is 3.90. The van der Waals surface area contributed by atoms with E-state index in [2.05, 4.69) is 4.98 Å². The molecule has 2 N–H and O–H groups in total. The highest BCUT2D eigenvalue weighted by atomic mass is 16.5. The van der Waals surface area contributed by atoms with Crippen molar-refractivity contribution in [3.63, 3.8) is 0 Å². The van der Waals surface area contributed by atoms with Crippen LogP contribution in [-0.2, 0) is 6.61 Å². The Hall–Kier alpha value is -2.23. The number of hydrogen-bond acceptors (Lipinski definition) is 4. The van der Waals surface area contributed by atoms with Crippen molar-refractivity contribution in [1.29, 1.82) is 0 Å². The third-order valence-corrected chi connectivity index (χ3v) is 2.93. The number of pyridine rings is 1. The molecule has 0 bridgehead atoms. The molecule has 0 atom stereocenters. The van der Waals surface area contributed by atoms with Gasteiger partial charge in [0.25, 0.3) is 0 Å². The third kappa shape index (κ3) is 2.96. The molecule has 4 nitrogen and oxygen atoms in total. The minimum atomic E-state index is 0.340. The molecule has 0 radical (unpaired) electrons. The lowest BCUT2D eigenvalue weighted by molar-refractivity contribution is 0.284. The van der Waals surface area contributed by atoms with Crippen LogP contribution in [0.3, 0.4) is 0 Å². The predicted octanol–water partition coefficient (Wildman–Crippen LogP) is 2.87. The van der Waals surface area contributed by atoms with E-state index in [9.17, 15) is 0 Å². The Bertz CT molecular complexity index is 582. The van der Waals surface area contributed by atoms with Crippen LogP contribution in [-0.4, -0.2) is 12.1 Å². The van der Waals surface area contributed by atoms with Crippen LogP contribution in [0.15, 0.2) is 30.3 Å². The van der Waals surface area contributed by atoms with Gasteiger partial charge in [0.15, 0.2) is 0 Å². The Morgan fingerprint density at radius 2 is 1.95 bits per heavy atom. The van der Waals surface area contributed by atoms with Gasteiger partial charge in [-0.2, -0.15) is 0 Å². The molecule has 4 heteroatoms. The van der Waals surface area contributed by atoms with Crippen LogP contribution in [0.25, 0.3) is 0 Å². The van der Waals surface area contributed by atoms with Gasteiger partial charge in [0.1, 0.15) is 12.4 Å². The van der Waals surface area contributed by atoms with Crippen molar-refractivity contribution in [3.8, 4) is 11.6 Å². The maximum Gasteiger partial charge on any atom is 0.216 e. The molecule has 100 valence electrons. The number of nitrogens with two attached hydrogens (primary N) is 1. The lowest BCUT2D eigenvalue weighted by Gasteiger charge is -2.13. The van der Waals surface area contributed by atoms with E-state index in [1.165, 1.54) is 0 Å². The van der Waals surface area contributed by atoms with Crippen molar-refractivity contribution in [1.82, 2.24) is 4.98 Å². The largest absolute Gasteiger partial charge is 0.496 e. The number of methoxy groups -OCH3 is 1. The number of hydrogen-bond donors (Lipinski definition) is 1. The maximum atomic E-state index is 5.95. The van der Waals surface area contributed by atoms with Crippen molar-refractivity contribution in [2.75, 3.05) is 12.8 Å². The van der Waals surface area contributed by atoms with Gasteiger partial charge in [-0.1, -0.05) is 12.1 Å². The van der Waals surface area contributed by atoms with Gasteiger partial charge >= 0.3 is 0 Å². The molecule has 0 aliphatic carbocycles. The molecule has 0 fully saturated rings. The maximum absolute atomic E-state index is 5.95. The average Bonchev–Trinajstić information content (AvgIpc) is 2.40. The summed E-state index contributed by atoms with van der Waals surface area (Å²) in [5.41, 5.74) is 9.37. The Labute approximate surface area is 113 Å². The summed E-state index contributed by atoms with van der Waals surface area (Å²) in [6, 6.07) is 9.50. The molecule has 2 aromatic rings. The first-order valence-corrected chi connectivity index (χ1v) is 6.10. The average molecular weight is 258 g/mol. The van der Waals surface area contributed by atoms with Gasteiger partial charge in [-0.25, -0.2) is 4.98 Å². The summed E-state index contributed by atoms with van der Waals surface area (Å²) in [5.74, 6) is 1.36. The zero-order valence-electron chi connectivity index (χ0n) is 11.4. The Balaban J connectivity index is 2.21. The molecule has 0 saturated heterocycles. The molecule has 0 unspecified atom stereocenters. The van der Waals surface area contributed by atoms with Crippen LogP contribution in [0, 0.1) is 13.8 Å². The van der Waals surface area contributed by atoms with Crippen LogP contribution >= 0.6 is 0 Å². The van der Waals surface area contributed by atoms with Crippen LogP contribution in [0.2, 0.25) is 0 Å². The van der Waals surface area contributed by atoms with E-state index in [0.29, 0.717) is 18.2 Å². The third-order valence-electron chi connectivity index (χ3n) is 2.93. The van der Waals surface area contributed by atoms with Crippen molar-refractivity contribution < 1.29 is 9.47 Å². The number of rotatable bonds is 4. The highest BCUT2D eigenvalue weighted by Crippen LogP contribution is 2.26. The first-order chi connectivity index (χ1) is 9.11. The first-order valence-electron chi connectivity index (χ1n) is 6.10. The first kappa shape index (κ1) is 13.2. The van der Waals surface area contributed by atoms with E-state index in [1.54, 1.807) is 7.11 Å². The molecule has 1 aromatic heterocycles. The van der Waals surface area contributed by atoms with Gasteiger partial charge in [0.05, 0.1) is 12.7 Å².